The summed E-state index contributed by atoms with van der Waals surface area (Å²) in [5, 5.41) is 3.47. The first-order valence-electron chi connectivity index (χ1n) is 5.84. The van der Waals surface area contributed by atoms with E-state index >= 15 is 0 Å². The largest absolute Gasteiger partial charge is 0.381 e. The number of hydrogen-bond acceptors (Lipinski definition) is 4. The van der Waals surface area contributed by atoms with E-state index in [0.717, 1.165) is 12.8 Å². The summed E-state index contributed by atoms with van der Waals surface area (Å²) < 4.78 is 28.1. The zero-order valence-electron chi connectivity index (χ0n) is 10.2. The van der Waals surface area contributed by atoms with Crippen molar-refractivity contribution >= 4 is 9.84 Å². The van der Waals surface area contributed by atoms with Crippen molar-refractivity contribution in [2.45, 2.75) is 44.9 Å². The Balaban J connectivity index is 1.89. The van der Waals surface area contributed by atoms with E-state index in [0.29, 0.717) is 23.7 Å². The van der Waals surface area contributed by atoms with Gasteiger partial charge in [0, 0.05) is 24.6 Å². The predicted octanol–water partition coefficient (Wildman–Crippen LogP) is 0.577. The molecule has 16 heavy (non-hydrogen) atoms. The molecule has 1 N–H and O–H groups in total. The smallest absolute Gasteiger partial charge is 0.151 e. The Morgan fingerprint density at radius 2 is 2.06 bits per heavy atom. The molecule has 0 spiro atoms. The van der Waals surface area contributed by atoms with E-state index in [2.05, 4.69) is 19.2 Å². The molecule has 2 fully saturated rings. The van der Waals surface area contributed by atoms with Gasteiger partial charge in [0.1, 0.15) is 0 Å². The third-order valence-corrected chi connectivity index (χ3v) is 5.90. The zero-order chi connectivity index (χ0) is 12.0. The summed E-state index contributed by atoms with van der Waals surface area (Å²) in [6.07, 6.45) is 2.04. The molecule has 0 radical (unpaired) electrons. The van der Waals surface area contributed by atoms with Gasteiger partial charge in [-0.05, 0) is 12.8 Å². The van der Waals surface area contributed by atoms with Crippen LogP contribution < -0.4 is 5.32 Å². The van der Waals surface area contributed by atoms with Crippen molar-refractivity contribution in [1.29, 1.82) is 0 Å². The van der Waals surface area contributed by atoms with Crippen LogP contribution in [-0.2, 0) is 14.6 Å². The molecule has 1 aliphatic carbocycles. The van der Waals surface area contributed by atoms with Crippen molar-refractivity contribution in [2.75, 3.05) is 18.6 Å². The van der Waals surface area contributed by atoms with Crippen molar-refractivity contribution in [2.24, 2.45) is 5.41 Å². The molecule has 1 aliphatic heterocycles. The first kappa shape index (κ1) is 12.3. The predicted molar refractivity (Wildman–Crippen MR) is 63.2 cm³/mol. The lowest BCUT2D eigenvalue weighted by molar-refractivity contribution is -0.0995. The molecule has 0 aromatic carbocycles. The molecule has 2 rings (SSSR count). The van der Waals surface area contributed by atoms with Gasteiger partial charge in [-0.15, -0.1) is 0 Å². The van der Waals surface area contributed by atoms with Crippen molar-refractivity contribution in [3.05, 3.63) is 0 Å². The second kappa shape index (κ2) is 3.96. The minimum atomic E-state index is -2.78. The molecule has 1 saturated carbocycles. The molecule has 3 unspecified atom stereocenters. The molecule has 94 valence electrons. The van der Waals surface area contributed by atoms with Gasteiger partial charge in [-0.2, -0.15) is 0 Å². The fourth-order valence-corrected chi connectivity index (χ4v) is 4.47. The molecule has 0 bridgehead atoms. The summed E-state index contributed by atoms with van der Waals surface area (Å²) in [4.78, 5) is 0. The fraction of sp³-hybridized carbons (Fsp3) is 1.00. The summed E-state index contributed by atoms with van der Waals surface area (Å²) in [5.74, 6) is 0.642. The van der Waals surface area contributed by atoms with Gasteiger partial charge in [-0.3, -0.25) is 0 Å². The van der Waals surface area contributed by atoms with E-state index in [-0.39, 0.29) is 11.5 Å². The third kappa shape index (κ3) is 2.13. The van der Waals surface area contributed by atoms with E-state index in [1.165, 1.54) is 0 Å². The lowest BCUT2D eigenvalue weighted by atomic mass is 9.64. The summed E-state index contributed by atoms with van der Waals surface area (Å²) in [7, 11) is -1.04. The van der Waals surface area contributed by atoms with Crippen LogP contribution in [0.15, 0.2) is 0 Å². The summed E-state index contributed by atoms with van der Waals surface area (Å²) in [5.41, 5.74) is 0.112. The van der Waals surface area contributed by atoms with Gasteiger partial charge in [0.05, 0.1) is 17.6 Å². The second-order valence-electron chi connectivity index (χ2n) is 5.60. The monoisotopic (exact) mass is 247 g/mol. The Labute approximate surface area is 97.7 Å². The molecule has 1 heterocycles. The van der Waals surface area contributed by atoms with Crippen LogP contribution >= 0.6 is 0 Å². The Morgan fingerprint density at radius 1 is 1.38 bits per heavy atom. The molecule has 5 heteroatoms. The molecule has 2 aliphatic rings. The summed E-state index contributed by atoms with van der Waals surface area (Å²) in [6, 6.07) is 0.530. The number of methoxy groups -OCH3 is 1. The van der Waals surface area contributed by atoms with E-state index in [4.69, 9.17) is 4.74 Å². The average Bonchev–Trinajstić information content (AvgIpc) is 2.52. The molecule has 1 saturated heterocycles. The number of hydrogen-bond donors (Lipinski definition) is 1. The van der Waals surface area contributed by atoms with Gasteiger partial charge in [-0.1, -0.05) is 13.8 Å². The van der Waals surface area contributed by atoms with Crippen molar-refractivity contribution in [1.82, 2.24) is 5.32 Å². The second-order valence-corrected chi connectivity index (χ2v) is 7.83. The Morgan fingerprint density at radius 3 is 2.50 bits per heavy atom. The maximum absolute atomic E-state index is 11.3. The SMILES string of the molecule is COC1CC(NC2CCS(=O)(=O)C2)C1(C)C. The molecular formula is C11H21NO3S. The highest BCUT2D eigenvalue weighted by atomic mass is 32.2. The number of nitrogens with one attached hydrogen (secondary N) is 1. The zero-order valence-corrected chi connectivity index (χ0v) is 11.0. The summed E-state index contributed by atoms with van der Waals surface area (Å²) >= 11 is 0. The lowest BCUT2D eigenvalue weighted by Gasteiger charge is -2.52. The lowest BCUT2D eigenvalue weighted by Crippen LogP contribution is -2.62. The van der Waals surface area contributed by atoms with Crippen LogP contribution in [0.4, 0.5) is 0 Å². The summed E-state index contributed by atoms with van der Waals surface area (Å²) in [6.45, 7) is 4.34. The van der Waals surface area contributed by atoms with Crippen molar-refractivity contribution < 1.29 is 13.2 Å². The highest BCUT2D eigenvalue weighted by Crippen LogP contribution is 2.42. The maximum Gasteiger partial charge on any atom is 0.151 e. The van der Waals surface area contributed by atoms with Gasteiger partial charge in [0.25, 0.3) is 0 Å². The van der Waals surface area contributed by atoms with Crippen LogP contribution in [-0.4, -0.2) is 45.2 Å². The van der Waals surface area contributed by atoms with E-state index < -0.39 is 9.84 Å². The first-order chi connectivity index (χ1) is 7.35. The van der Waals surface area contributed by atoms with Crippen molar-refractivity contribution in [3.63, 3.8) is 0 Å². The first-order valence-corrected chi connectivity index (χ1v) is 7.66. The van der Waals surface area contributed by atoms with E-state index in [1.807, 2.05) is 0 Å². The minimum absolute atomic E-state index is 0.112. The number of ether oxygens (including phenoxy) is 1. The Kier molecular flexibility index (Phi) is 3.05. The van der Waals surface area contributed by atoms with Crippen molar-refractivity contribution in [3.8, 4) is 0 Å². The fourth-order valence-electron chi connectivity index (χ4n) is 2.78. The van der Waals surface area contributed by atoms with Gasteiger partial charge in [-0.25, -0.2) is 8.42 Å². The normalized spacial score (nSPS) is 40.6. The van der Waals surface area contributed by atoms with Gasteiger partial charge >= 0.3 is 0 Å². The van der Waals surface area contributed by atoms with Crippen LogP contribution in [0.2, 0.25) is 0 Å². The standard InChI is InChI=1S/C11H21NO3S/c1-11(2)9(6-10(11)15-3)12-8-4-5-16(13,14)7-8/h8-10,12H,4-7H2,1-3H3. The van der Waals surface area contributed by atoms with Gasteiger partial charge < -0.3 is 10.1 Å². The number of sulfone groups is 1. The highest BCUT2D eigenvalue weighted by Gasteiger charge is 2.49. The average molecular weight is 247 g/mol. The van der Waals surface area contributed by atoms with Gasteiger partial charge in [0.2, 0.25) is 0 Å². The number of rotatable bonds is 3. The minimum Gasteiger partial charge on any atom is -0.381 e. The molecule has 0 amide bonds. The molecule has 3 atom stereocenters. The van der Waals surface area contributed by atoms with Crippen LogP contribution in [0.1, 0.15) is 26.7 Å². The van der Waals surface area contributed by atoms with E-state index in [1.54, 1.807) is 7.11 Å². The van der Waals surface area contributed by atoms with E-state index in [9.17, 15) is 8.42 Å². The van der Waals surface area contributed by atoms with Crippen LogP contribution in [0, 0.1) is 5.41 Å². The Bertz CT molecular complexity index is 363. The van der Waals surface area contributed by atoms with Crippen LogP contribution in [0.5, 0.6) is 0 Å². The third-order valence-electron chi connectivity index (χ3n) is 4.13. The molecule has 0 aromatic rings. The maximum atomic E-state index is 11.3. The molecular weight excluding hydrogens is 226 g/mol. The molecule has 4 nitrogen and oxygen atoms in total. The van der Waals surface area contributed by atoms with Crippen LogP contribution in [0.3, 0.4) is 0 Å². The topological polar surface area (TPSA) is 55.4 Å². The molecule has 0 aromatic heterocycles. The quantitative estimate of drug-likeness (QED) is 0.792. The van der Waals surface area contributed by atoms with Crippen LogP contribution in [0.25, 0.3) is 0 Å². The van der Waals surface area contributed by atoms with Gasteiger partial charge in [0.15, 0.2) is 9.84 Å². The Hall–Kier alpha value is -0.130. The highest BCUT2D eigenvalue weighted by molar-refractivity contribution is 7.91.